The molecule has 4 aliphatic rings. The van der Waals surface area contributed by atoms with E-state index in [-0.39, 0.29) is 10.8 Å². The minimum Gasteiger partial charge on any atom is -0.497 e. The van der Waals surface area contributed by atoms with Crippen LogP contribution in [0.4, 0.5) is 0 Å². The van der Waals surface area contributed by atoms with Crippen LogP contribution in [0.5, 0.6) is 5.75 Å². The molecule has 0 radical (unpaired) electrons. The number of piperidine rings is 1. The van der Waals surface area contributed by atoms with E-state index in [0.29, 0.717) is 48.5 Å². The number of hydrogen-bond donors (Lipinski definition) is 1. The normalized spacial score (nSPS) is 43.6. The van der Waals surface area contributed by atoms with Crippen molar-refractivity contribution >= 4 is 11.9 Å². The average molecular weight is 468 g/mol. The summed E-state index contributed by atoms with van der Waals surface area (Å²) in [7, 11) is 3.66. The highest BCUT2D eigenvalue weighted by Gasteiger charge is 2.69. The van der Waals surface area contributed by atoms with E-state index in [4.69, 9.17) is 4.74 Å². The molecule has 1 aromatic rings. The van der Waals surface area contributed by atoms with Gasteiger partial charge in [-0.3, -0.25) is 9.59 Å². The highest BCUT2D eigenvalue weighted by molar-refractivity contribution is 5.83. The molecule has 186 valence electrons. The molecule has 1 saturated heterocycles. The van der Waals surface area contributed by atoms with Crippen LogP contribution in [0.15, 0.2) is 24.3 Å². The zero-order valence-electron chi connectivity index (χ0n) is 21.5. The van der Waals surface area contributed by atoms with Gasteiger partial charge < -0.3 is 14.7 Å². The maximum Gasteiger partial charge on any atom is 0.314 e. The van der Waals surface area contributed by atoms with E-state index in [2.05, 4.69) is 25.7 Å². The number of hydrogen-bond acceptors (Lipinski definition) is 3. The molecular formula is C29H41NO4. The first-order valence-corrected chi connectivity index (χ1v) is 13.3. The molecule has 3 saturated carbocycles. The lowest BCUT2D eigenvalue weighted by Gasteiger charge is -2.64. The summed E-state index contributed by atoms with van der Waals surface area (Å²) in [6.07, 6.45) is 7.47. The number of nitrogens with zero attached hydrogens (tertiary/aromatic N) is 1. The number of methoxy groups -OCH3 is 1. The van der Waals surface area contributed by atoms with E-state index in [1.165, 1.54) is 0 Å². The van der Waals surface area contributed by atoms with Crippen molar-refractivity contribution in [1.29, 1.82) is 0 Å². The Kier molecular flexibility index (Phi) is 5.57. The Morgan fingerprint density at radius 2 is 1.79 bits per heavy atom. The van der Waals surface area contributed by atoms with Crippen molar-refractivity contribution in [3.8, 4) is 5.75 Å². The molecule has 5 rings (SSSR count). The van der Waals surface area contributed by atoms with E-state index < -0.39 is 11.4 Å². The molecule has 1 aromatic carbocycles. The first-order chi connectivity index (χ1) is 16.1. The topological polar surface area (TPSA) is 66.8 Å². The number of ether oxygens (including phenoxy) is 1. The van der Waals surface area contributed by atoms with Gasteiger partial charge in [0, 0.05) is 19.5 Å². The quantitative estimate of drug-likeness (QED) is 0.633. The average Bonchev–Trinajstić information content (AvgIpc) is 3.15. The summed E-state index contributed by atoms with van der Waals surface area (Å²) in [6, 6.07) is 8.13. The maximum absolute atomic E-state index is 13.1. The largest absolute Gasteiger partial charge is 0.497 e. The second kappa shape index (κ2) is 7.99. The van der Waals surface area contributed by atoms with Crippen LogP contribution in [0, 0.1) is 34.5 Å². The fourth-order valence-electron chi connectivity index (χ4n) is 9.57. The number of rotatable bonds is 4. The Hall–Kier alpha value is -2.04. The van der Waals surface area contributed by atoms with Crippen molar-refractivity contribution in [2.75, 3.05) is 14.2 Å². The molecule has 3 unspecified atom stereocenters. The van der Waals surface area contributed by atoms with E-state index in [1.54, 1.807) is 7.11 Å². The lowest BCUT2D eigenvalue weighted by Crippen LogP contribution is -2.64. The maximum atomic E-state index is 13.1. The molecule has 34 heavy (non-hydrogen) atoms. The molecule has 5 nitrogen and oxygen atoms in total. The number of carboxylic acids is 1. The predicted molar refractivity (Wildman–Crippen MR) is 132 cm³/mol. The molecule has 1 amide bonds. The number of carboxylic acid groups (broad SMARTS) is 1. The molecule has 1 aliphatic heterocycles. The van der Waals surface area contributed by atoms with Gasteiger partial charge in [-0.2, -0.15) is 0 Å². The Bertz CT molecular complexity index is 975. The molecule has 1 heterocycles. The van der Waals surface area contributed by atoms with Gasteiger partial charge in [0.05, 0.1) is 12.5 Å². The number of likely N-dealkylation sites (tertiary alicyclic amines) is 1. The van der Waals surface area contributed by atoms with E-state index >= 15 is 0 Å². The highest BCUT2D eigenvalue weighted by Crippen LogP contribution is 2.71. The zero-order valence-corrected chi connectivity index (χ0v) is 21.5. The van der Waals surface area contributed by atoms with Crippen molar-refractivity contribution in [2.45, 2.75) is 83.6 Å². The van der Waals surface area contributed by atoms with Crippen molar-refractivity contribution in [3.63, 3.8) is 0 Å². The van der Waals surface area contributed by atoms with Crippen LogP contribution in [0.3, 0.4) is 0 Å². The SMILES string of the molecule is CCC1CC2N(C)C(=O)CC[C@]2(C)[C@@H]2CC[C@@]3(C)[C@@H](CCC3(C(=O)O)c3ccc(OC)cc3)[C@H]12. The highest BCUT2D eigenvalue weighted by atomic mass is 16.5. The van der Waals surface area contributed by atoms with Crippen LogP contribution in [0.1, 0.15) is 77.7 Å². The predicted octanol–water partition coefficient (Wildman–Crippen LogP) is 5.52. The first kappa shape index (κ1) is 23.7. The summed E-state index contributed by atoms with van der Waals surface area (Å²) in [5.74, 6) is 2.42. The Morgan fingerprint density at radius 1 is 1.12 bits per heavy atom. The third-order valence-electron chi connectivity index (χ3n) is 11.4. The summed E-state index contributed by atoms with van der Waals surface area (Å²) in [5.41, 5.74) is -0.0685. The number of amides is 1. The summed E-state index contributed by atoms with van der Waals surface area (Å²) >= 11 is 0. The molecule has 1 N–H and O–H groups in total. The second-order valence-corrected chi connectivity index (χ2v) is 12.2. The summed E-state index contributed by atoms with van der Waals surface area (Å²) < 4.78 is 5.36. The van der Waals surface area contributed by atoms with Crippen molar-refractivity contribution < 1.29 is 19.4 Å². The number of benzene rings is 1. The van der Waals surface area contributed by atoms with Crippen molar-refractivity contribution in [3.05, 3.63) is 29.8 Å². The van der Waals surface area contributed by atoms with E-state index in [0.717, 1.165) is 49.8 Å². The van der Waals surface area contributed by atoms with Gasteiger partial charge in [0.25, 0.3) is 0 Å². The number of fused-ring (bicyclic) bond motifs is 5. The van der Waals surface area contributed by atoms with Crippen molar-refractivity contribution in [1.82, 2.24) is 4.90 Å². The number of carbonyl (C=O) groups is 2. The number of aliphatic carboxylic acids is 1. The van der Waals surface area contributed by atoms with Gasteiger partial charge in [-0.25, -0.2) is 0 Å². The van der Waals surface area contributed by atoms with Gasteiger partial charge in [-0.15, -0.1) is 0 Å². The molecule has 0 bridgehead atoms. The fourth-order valence-corrected chi connectivity index (χ4v) is 9.57. The Balaban J connectivity index is 1.57. The molecule has 5 heteroatoms. The Morgan fingerprint density at radius 3 is 2.41 bits per heavy atom. The minimum atomic E-state index is -0.857. The van der Waals surface area contributed by atoms with Crippen LogP contribution in [-0.2, 0) is 15.0 Å². The smallest absolute Gasteiger partial charge is 0.314 e. The number of carbonyl (C=O) groups excluding carboxylic acids is 1. The molecule has 3 aliphatic carbocycles. The molecule has 4 fully saturated rings. The van der Waals surface area contributed by atoms with Crippen LogP contribution in [0.25, 0.3) is 0 Å². The summed E-state index contributed by atoms with van der Waals surface area (Å²) in [5, 5.41) is 10.8. The molecule has 0 aromatic heterocycles. The van der Waals surface area contributed by atoms with Gasteiger partial charge in [-0.05, 0) is 90.7 Å². The third kappa shape index (κ3) is 2.91. The summed E-state index contributed by atoms with van der Waals surface area (Å²) in [4.78, 5) is 27.8. The van der Waals surface area contributed by atoms with Gasteiger partial charge in [0.15, 0.2) is 0 Å². The Labute approximate surface area is 204 Å². The first-order valence-electron chi connectivity index (χ1n) is 13.3. The van der Waals surface area contributed by atoms with Crippen LogP contribution in [0.2, 0.25) is 0 Å². The fraction of sp³-hybridized carbons (Fsp3) is 0.724. The van der Waals surface area contributed by atoms with Gasteiger partial charge in [0.1, 0.15) is 5.75 Å². The van der Waals surface area contributed by atoms with E-state index in [9.17, 15) is 14.7 Å². The zero-order chi connectivity index (χ0) is 24.5. The van der Waals surface area contributed by atoms with Crippen molar-refractivity contribution in [2.24, 2.45) is 34.5 Å². The van der Waals surface area contributed by atoms with Gasteiger partial charge in [-0.1, -0.05) is 39.3 Å². The van der Waals surface area contributed by atoms with Crippen LogP contribution in [-0.4, -0.2) is 42.1 Å². The van der Waals surface area contributed by atoms with Crippen LogP contribution < -0.4 is 4.74 Å². The second-order valence-electron chi connectivity index (χ2n) is 12.2. The molecule has 8 atom stereocenters. The lowest BCUT2D eigenvalue weighted by atomic mass is 9.42. The molecular weight excluding hydrogens is 426 g/mol. The third-order valence-corrected chi connectivity index (χ3v) is 11.4. The van der Waals surface area contributed by atoms with Crippen LogP contribution >= 0.6 is 0 Å². The monoisotopic (exact) mass is 467 g/mol. The molecule has 0 spiro atoms. The van der Waals surface area contributed by atoms with Gasteiger partial charge in [0.2, 0.25) is 5.91 Å². The van der Waals surface area contributed by atoms with E-state index in [1.807, 2.05) is 31.3 Å². The van der Waals surface area contributed by atoms with Gasteiger partial charge >= 0.3 is 5.97 Å². The standard InChI is InChI=1S/C29H41NO4/c1-6-18-17-23-27(2,14-13-24(31)30(23)4)21-11-15-28(3)22(25(18)21)12-16-29(28,26(32)33)19-7-9-20(34-5)10-8-19/h7-10,18,21-23,25H,6,11-17H2,1-5H3,(H,32,33)/t18?,21-,22+,23?,25-,27-,28+,29?/m1/s1. The minimum absolute atomic E-state index is 0.134. The lowest BCUT2D eigenvalue weighted by molar-refractivity contribution is -0.174. The summed E-state index contributed by atoms with van der Waals surface area (Å²) in [6.45, 7) is 7.02.